The van der Waals surface area contributed by atoms with Crippen molar-refractivity contribution in [1.82, 2.24) is 18.4 Å². The van der Waals surface area contributed by atoms with Crippen molar-refractivity contribution < 1.29 is 16.8 Å². The van der Waals surface area contributed by atoms with Crippen molar-refractivity contribution in [2.75, 3.05) is 26.2 Å². The number of nitrogens with zero attached hydrogens (tertiary/aromatic N) is 4. The monoisotopic (exact) mass is 412 g/mol. The maximum atomic E-state index is 12.9. The third-order valence-electron chi connectivity index (χ3n) is 4.89. The van der Waals surface area contributed by atoms with E-state index in [4.69, 9.17) is 0 Å². The number of aryl methyl sites for hydroxylation is 3. The maximum Gasteiger partial charge on any atom is 0.246 e. The highest BCUT2D eigenvalue weighted by atomic mass is 32.2. The van der Waals surface area contributed by atoms with Crippen molar-refractivity contribution in [1.29, 1.82) is 0 Å². The molecule has 1 saturated heterocycles. The Kier molecular flexibility index (Phi) is 5.44. The zero-order chi connectivity index (χ0) is 19.8. The van der Waals surface area contributed by atoms with E-state index in [-0.39, 0.29) is 36.0 Å². The molecule has 10 heteroatoms. The zero-order valence-corrected chi connectivity index (χ0v) is 17.3. The van der Waals surface area contributed by atoms with E-state index in [1.54, 1.807) is 22.9 Å². The molecule has 2 aromatic rings. The number of sulfonamides is 2. The van der Waals surface area contributed by atoms with Gasteiger partial charge < -0.3 is 0 Å². The number of benzene rings is 1. The first kappa shape index (κ1) is 20.0. The van der Waals surface area contributed by atoms with Gasteiger partial charge in [-0.15, -0.1) is 0 Å². The lowest BCUT2D eigenvalue weighted by atomic mass is 10.1. The first-order chi connectivity index (χ1) is 12.7. The molecule has 1 aliphatic heterocycles. The lowest BCUT2D eigenvalue weighted by molar-refractivity contribution is 0.273. The first-order valence-electron chi connectivity index (χ1n) is 8.76. The molecule has 0 spiro atoms. The van der Waals surface area contributed by atoms with Gasteiger partial charge in [-0.25, -0.2) is 16.8 Å². The smallest absolute Gasteiger partial charge is 0.246 e. The Morgan fingerprint density at radius 3 is 1.93 bits per heavy atom. The van der Waals surface area contributed by atoms with Gasteiger partial charge in [0.1, 0.15) is 4.90 Å². The van der Waals surface area contributed by atoms with Crippen molar-refractivity contribution in [3.8, 4) is 0 Å². The van der Waals surface area contributed by atoms with Crippen LogP contribution < -0.4 is 0 Å². The number of rotatable bonds is 5. The van der Waals surface area contributed by atoms with Gasteiger partial charge >= 0.3 is 0 Å². The molecular weight excluding hydrogens is 388 g/mol. The van der Waals surface area contributed by atoms with E-state index in [0.29, 0.717) is 6.54 Å². The molecule has 27 heavy (non-hydrogen) atoms. The van der Waals surface area contributed by atoms with Crippen LogP contribution in [0.4, 0.5) is 0 Å². The number of piperazine rings is 1. The molecule has 148 valence electrons. The van der Waals surface area contributed by atoms with Gasteiger partial charge in [-0.2, -0.15) is 13.7 Å². The molecule has 0 atom stereocenters. The molecule has 2 heterocycles. The molecule has 1 aromatic heterocycles. The van der Waals surface area contributed by atoms with Crippen LogP contribution in [0.15, 0.2) is 40.4 Å². The summed E-state index contributed by atoms with van der Waals surface area (Å²) in [5, 5.41) is 4.01. The Hall–Kier alpha value is -1.75. The van der Waals surface area contributed by atoms with E-state index in [1.165, 1.54) is 21.0 Å². The predicted octanol–water partition coefficient (Wildman–Crippen LogP) is 1.22. The summed E-state index contributed by atoms with van der Waals surface area (Å²) in [7, 11) is -7.31. The summed E-state index contributed by atoms with van der Waals surface area (Å²) in [5.74, 6) is 0. The van der Waals surface area contributed by atoms with Gasteiger partial charge in [0.2, 0.25) is 20.0 Å². The van der Waals surface area contributed by atoms with Gasteiger partial charge in [-0.1, -0.05) is 6.07 Å². The standard InChI is InChI=1S/C17H24N4O4S2/c1-4-19-13-17(12-18-19)27(24,25)21-9-7-20(8-10-21)26(22,23)16-6-5-14(2)15(3)11-16/h5-6,11-13H,4,7-10H2,1-3H3. The molecule has 8 nitrogen and oxygen atoms in total. The Balaban J connectivity index is 1.75. The van der Waals surface area contributed by atoms with Crippen LogP contribution in [0.2, 0.25) is 0 Å². The predicted molar refractivity (Wildman–Crippen MR) is 101 cm³/mol. The normalized spacial score (nSPS) is 17.3. The van der Waals surface area contributed by atoms with Crippen LogP contribution in [0.1, 0.15) is 18.1 Å². The number of aromatic nitrogens is 2. The van der Waals surface area contributed by atoms with E-state index in [1.807, 2.05) is 20.8 Å². The van der Waals surface area contributed by atoms with Crippen LogP contribution in [-0.4, -0.2) is 61.4 Å². The van der Waals surface area contributed by atoms with Gasteiger partial charge in [0, 0.05) is 38.9 Å². The lowest BCUT2D eigenvalue weighted by Gasteiger charge is -2.33. The summed E-state index contributed by atoms with van der Waals surface area (Å²) in [6.45, 7) is 6.73. The van der Waals surface area contributed by atoms with Gasteiger partial charge in [0.05, 0.1) is 11.1 Å². The second kappa shape index (κ2) is 7.34. The highest BCUT2D eigenvalue weighted by Crippen LogP contribution is 2.23. The molecule has 0 radical (unpaired) electrons. The maximum absolute atomic E-state index is 12.9. The van der Waals surface area contributed by atoms with Crippen molar-refractivity contribution in [3.05, 3.63) is 41.7 Å². The Bertz CT molecular complexity index is 1040. The van der Waals surface area contributed by atoms with Gasteiger partial charge in [0.15, 0.2) is 0 Å². The Morgan fingerprint density at radius 1 is 0.889 bits per heavy atom. The van der Waals surface area contributed by atoms with E-state index >= 15 is 0 Å². The van der Waals surface area contributed by atoms with Crippen molar-refractivity contribution in [3.63, 3.8) is 0 Å². The molecular formula is C17H24N4O4S2. The van der Waals surface area contributed by atoms with Crippen LogP contribution in [0, 0.1) is 13.8 Å². The fraction of sp³-hybridized carbons (Fsp3) is 0.471. The summed E-state index contributed by atoms with van der Waals surface area (Å²) in [6.07, 6.45) is 2.82. The Morgan fingerprint density at radius 2 is 1.44 bits per heavy atom. The summed E-state index contributed by atoms with van der Waals surface area (Å²) >= 11 is 0. The lowest BCUT2D eigenvalue weighted by Crippen LogP contribution is -2.50. The number of hydrogen-bond donors (Lipinski definition) is 0. The van der Waals surface area contributed by atoms with Crippen LogP contribution in [0.3, 0.4) is 0 Å². The van der Waals surface area contributed by atoms with E-state index in [0.717, 1.165) is 11.1 Å². The van der Waals surface area contributed by atoms with Gasteiger partial charge in [0.25, 0.3) is 0 Å². The highest BCUT2D eigenvalue weighted by molar-refractivity contribution is 7.89. The van der Waals surface area contributed by atoms with Gasteiger partial charge in [-0.3, -0.25) is 4.68 Å². The topological polar surface area (TPSA) is 92.6 Å². The summed E-state index contributed by atoms with van der Waals surface area (Å²) < 4.78 is 55.4. The van der Waals surface area contributed by atoms with E-state index < -0.39 is 20.0 Å². The van der Waals surface area contributed by atoms with Crippen LogP contribution in [0.25, 0.3) is 0 Å². The van der Waals surface area contributed by atoms with Crippen LogP contribution >= 0.6 is 0 Å². The molecule has 1 aromatic carbocycles. The molecule has 0 N–H and O–H groups in total. The Labute approximate surface area is 160 Å². The summed E-state index contributed by atoms with van der Waals surface area (Å²) in [5.41, 5.74) is 1.93. The molecule has 0 saturated carbocycles. The fourth-order valence-corrected chi connectivity index (χ4v) is 5.86. The molecule has 0 unspecified atom stereocenters. The molecule has 3 rings (SSSR count). The number of hydrogen-bond acceptors (Lipinski definition) is 5. The third-order valence-corrected chi connectivity index (χ3v) is 8.63. The van der Waals surface area contributed by atoms with E-state index in [2.05, 4.69) is 5.10 Å². The zero-order valence-electron chi connectivity index (χ0n) is 15.7. The molecule has 0 amide bonds. The third kappa shape index (κ3) is 3.79. The largest absolute Gasteiger partial charge is 0.272 e. The van der Waals surface area contributed by atoms with Crippen LogP contribution in [0.5, 0.6) is 0 Å². The second-order valence-corrected chi connectivity index (χ2v) is 10.5. The van der Waals surface area contributed by atoms with E-state index in [9.17, 15) is 16.8 Å². The first-order valence-corrected chi connectivity index (χ1v) is 11.6. The average molecular weight is 413 g/mol. The second-order valence-electron chi connectivity index (χ2n) is 6.59. The highest BCUT2D eigenvalue weighted by Gasteiger charge is 2.34. The summed E-state index contributed by atoms with van der Waals surface area (Å²) in [6, 6.07) is 5.04. The van der Waals surface area contributed by atoms with Crippen molar-refractivity contribution in [2.24, 2.45) is 0 Å². The fourth-order valence-electron chi connectivity index (χ4n) is 2.97. The molecule has 0 bridgehead atoms. The molecule has 1 fully saturated rings. The molecule has 1 aliphatic rings. The summed E-state index contributed by atoms with van der Waals surface area (Å²) in [4.78, 5) is 0.376. The van der Waals surface area contributed by atoms with Crippen molar-refractivity contribution >= 4 is 20.0 Å². The molecule has 0 aliphatic carbocycles. The minimum Gasteiger partial charge on any atom is -0.272 e. The minimum atomic E-state index is -3.67. The minimum absolute atomic E-state index is 0.115. The SMILES string of the molecule is CCn1cc(S(=O)(=O)N2CCN(S(=O)(=O)c3ccc(C)c(C)c3)CC2)cn1. The van der Waals surface area contributed by atoms with Gasteiger partial charge in [-0.05, 0) is 44.0 Å². The quantitative estimate of drug-likeness (QED) is 0.736. The van der Waals surface area contributed by atoms with Crippen LogP contribution in [-0.2, 0) is 26.6 Å². The van der Waals surface area contributed by atoms with Crippen molar-refractivity contribution in [2.45, 2.75) is 37.1 Å². The average Bonchev–Trinajstić information content (AvgIpc) is 3.14.